The second kappa shape index (κ2) is 12.3. The van der Waals surface area contributed by atoms with Gasteiger partial charge in [0.1, 0.15) is 11.6 Å². The van der Waals surface area contributed by atoms with Crippen LogP contribution in [0.3, 0.4) is 0 Å². The van der Waals surface area contributed by atoms with Gasteiger partial charge in [0.25, 0.3) is 5.56 Å². The molecule has 0 saturated carbocycles. The number of para-hydroxylation sites is 3. The number of nitrogens with one attached hydrogen (secondary N) is 1. The van der Waals surface area contributed by atoms with Crippen molar-refractivity contribution in [1.29, 1.82) is 0 Å². The number of urea groups is 1. The van der Waals surface area contributed by atoms with Crippen LogP contribution in [-0.2, 0) is 0 Å². The van der Waals surface area contributed by atoms with Gasteiger partial charge in [-0.1, -0.05) is 66.9 Å². The number of hydrogen-bond acceptors (Lipinski definition) is 4. The molecule has 0 aliphatic rings. The van der Waals surface area contributed by atoms with Crippen LogP contribution in [-0.4, -0.2) is 33.6 Å². The maximum atomic E-state index is 13.9. The lowest BCUT2D eigenvalue weighted by molar-refractivity contribution is 0.188. The molecule has 1 N–H and O–H groups in total. The Morgan fingerprint density at radius 2 is 1.79 bits per heavy atom. The third-order valence-electron chi connectivity index (χ3n) is 6.26. The first kappa shape index (κ1) is 27.5. The molecule has 0 radical (unpaired) electrons. The Bertz CT molecular complexity index is 1510. The van der Waals surface area contributed by atoms with Gasteiger partial charge in [-0.25, -0.2) is 9.78 Å². The van der Waals surface area contributed by atoms with Crippen molar-refractivity contribution in [2.45, 2.75) is 39.7 Å². The van der Waals surface area contributed by atoms with Crippen LogP contribution in [0.15, 0.2) is 71.5 Å². The quantitative estimate of drug-likeness (QED) is 0.233. The van der Waals surface area contributed by atoms with E-state index in [1.54, 1.807) is 39.8 Å². The number of carbonyl (C=O) groups excluding carboxylic acids is 1. The Kier molecular flexibility index (Phi) is 8.92. The number of unbranched alkanes of at least 4 members (excludes halogenated alkanes) is 1. The number of rotatable bonds is 9. The lowest BCUT2D eigenvalue weighted by atomic mass is 10.1. The van der Waals surface area contributed by atoms with Gasteiger partial charge in [0.05, 0.1) is 45.0 Å². The summed E-state index contributed by atoms with van der Waals surface area (Å²) in [5, 5.41) is 3.96. The zero-order chi connectivity index (χ0) is 27.2. The minimum absolute atomic E-state index is 0.238. The molecule has 0 fully saturated rings. The van der Waals surface area contributed by atoms with E-state index in [-0.39, 0.29) is 16.6 Å². The molecule has 0 spiro atoms. The zero-order valence-corrected chi connectivity index (χ0v) is 23.1. The molecule has 38 heavy (non-hydrogen) atoms. The molecule has 0 bridgehead atoms. The molecule has 1 aromatic heterocycles. The molecule has 1 heterocycles. The highest BCUT2D eigenvalue weighted by Crippen LogP contribution is 2.32. The summed E-state index contributed by atoms with van der Waals surface area (Å²) in [4.78, 5) is 34.1. The van der Waals surface area contributed by atoms with E-state index in [1.807, 2.05) is 50.2 Å². The molecule has 2 amide bonds. The maximum Gasteiger partial charge on any atom is 0.322 e. The molecule has 0 aliphatic heterocycles. The molecular formula is C29H30Cl2N4O3. The first-order valence-corrected chi connectivity index (χ1v) is 13.4. The number of hydrogen-bond donors (Lipinski definition) is 1. The number of amides is 2. The Labute approximate surface area is 232 Å². The Hall–Kier alpha value is -3.55. The number of halogens is 2. The largest absolute Gasteiger partial charge is 0.492 e. The summed E-state index contributed by atoms with van der Waals surface area (Å²) in [5.41, 5.74) is 1.29. The first-order valence-electron chi connectivity index (χ1n) is 12.6. The lowest BCUT2D eigenvalue weighted by Crippen LogP contribution is -2.40. The highest BCUT2D eigenvalue weighted by atomic mass is 35.5. The number of aromatic nitrogens is 2. The SMILES string of the molecule is CCCCN(C(=O)Nc1cccc(Cl)c1Cl)C(C)c1nc2ccccc2c(=O)n1-c1ccccc1OCC. The van der Waals surface area contributed by atoms with Gasteiger partial charge in [0.2, 0.25) is 0 Å². The number of nitrogens with zero attached hydrogens (tertiary/aromatic N) is 3. The fourth-order valence-corrected chi connectivity index (χ4v) is 4.66. The average molecular weight is 553 g/mol. The van der Waals surface area contributed by atoms with Crippen molar-refractivity contribution >= 4 is 45.8 Å². The third-order valence-corrected chi connectivity index (χ3v) is 7.07. The van der Waals surface area contributed by atoms with E-state index < -0.39 is 6.04 Å². The van der Waals surface area contributed by atoms with Crippen LogP contribution in [0.4, 0.5) is 10.5 Å². The molecule has 3 aromatic carbocycles. The van der Waals surface area contributed by atoms with Crippen molar-refractivity contribution in [2.75, 3.05) is 18.5 Å². The van der Waals surface area contributed by atoms with Crippen molar-refractivity contribution in [1.82, 2.24) is 14.5 Å². The first-order chi connectivity index (χ1) is 18.4. The minimum atomic E-state index is -0.577. The predicted molar refractivity (Wildman–Crippen MR) is 154 cm³/mol. The van der Waals surface area contributed by atoms with Crippen LogP contribution >= 0.6 is 23.2 Å². The second-order valence-corrected chi connectivity index (χ2v) is 9.57. The van der Waals surface area contributed by atoms with Gasteiger partial charge < -0.3 is 15.0 Å². The molecule has 1 unspecified atom stereocenters. The van der Waals surface area contributed by atoms with E-state index in [9.17, 15) is 9.59 Å². The zero-order valence-electron chi connectivity index (χ0n) is 21.6. The van der Waals surface area contributed by atoms with Crippen LogP contribution in [0.1, 0.15) is 45.5 Å². The molecule has 0 aliphatic carbocycles. The molecular weight excluding hydrogens is 523 g/mol. The highest BCUT2D eigenvalue weighted by molar-refractivity contribution is 6.43. The summed E-state index contributed by atoms with van der Waals surface area (Å²) in [6.07, 6.45) is 1.63. The normalized spacial score (nSPS) is 11.8. The summed E-state index contributed by atoms with van der Waals surface area (Å²) in [6.45, 7) is 6.68. The van der Waals surface area contributed by atoms with Crippen LogP contribution < -0.4 is 15.6 Å². The molecule has 4 aromatic rings. The van der Waals surface area contributed by atoms with E-state index in [2.05, 4.69) is 12.2 Å². The van der Waals surface area contributed by atoms with E-state index in [0.29, 0.717) is 52.0 Å². The van der Waals surface area contributed by atoms with Crippen LogP contribution in [0.5, 0.6) is 5.75 Å². The van der Waals surface area contributed by atoms with Gasteiger partial charge in [0, 0.05) is 6.54 Å². The van der Waals surface area contributed by atoms with Crippen molar-refractivity contribution in [3.63, 3.8) is 0 Å². The van der Waals surface area contributed by atoms with E-state index in [1.165, 1.54) is 0 Å². The lowest BCUT2D eigenvalue weighted by Gasteiger charge is -2.31. The van der Waals surface area contributed by atoms with Crippen molar-refractivity contribution in [3.8, 4) is 11.4 Å². The van der Waals surface area contributed by atoms with E-state index >= 15 is 0 Å². The smallest absolute Gasteiger partial charge is 0.322 e. The summed E-state index contributed by atoms with van der Waals surface area (Å²) < 4.78 is 7.41. The summed E-state index contributed by atoms with van der Waals surface area (Å²) in [6, 6.07) is 18.7. The molecule has 198 valence electrons. The van der Waals surface area contributed by atoms with Crippen LogP contribution in [0.2, 0.25) is 10.0 Å². The van der Waals surface area contributed by atoms with Gasteiger partial charge in [-0.05, 0) is 56.7 Å². The standard InChI is InChI=1S/C29H30Cl2N4O3/c1-4-6-18-34(29(37)33-23-15-11-13-21(30)26(23)31)19(3)27-32-22-14-8-7-12-20(22)28(36)35(27)24-16-9-10-17-25(24)38-5-2/h7-17,19H,4-6,18H2,1-3H3,(H,33,37). The third kappa shape index (κ3) is 5.64. The van der Waals surface area contributed by atoms with E-state index in [0.717, 1.165) is 12.8 Å². The Balaban J connectivity index is 1.87. The van der Waals surface area contributed by atoms with Crippen LogP contribution in [0.25, 0.3) is 16.6 Å². The van der Waals surface area contributed by atoms with Crippen molar-refractivity contribution < 1.29 is 9.53 Å². The number of anilines is 1. The molecule has 9 heteroatoms. The predicted octanol–water partition coefficient (Wildman–Crippen LogP) is 7.49. The number of carbonyl (C=O) groups is 1. The molecule has 1 atom stereocenters. The fraction of sp³-hybridized carbons (Fsp3) is 0.276. The summed E-state index contributed by atoms with van der Waals surface area (Å²) in [5.74, 6) is 0.974. The van der Waals surface area contributed by atoms with Gasteiger partial charge in [-0.3, -0.25) is 9.36 Å². The topological polar surface area (TPSA) is 76.5 Å². The Morgan fingerprint density at radius 3 is 2.55 bits per heavy atom. The highest BCUT2D eigenvalue weighted by Gasteiger charge is 2.28. The number of ether oxygens (including phenoxy) is 1. The summed E-state index contributed by atoms with van der Waals surface area (Å²) >= 11 is 12.5. The van der Waals surface area contributed by atoms with Crippen LogP contribution in [0, 0.1) is 0 Å². The Morgan fingerprint density at radius 1 is 1.05 bits per heavy atom. The van der Waals surface area contributed by atoms with Gasteiger partial charge in [-0.15, -0.1) is 0 Å². The monoisotopic (exact) mass is 552 g/mol. The van der Waals surface area contributed by atoms with Crippen molar-refractivity contribution in [2.24, 2.45) is 0 Å². The van der Waals surface area contributed by atoms with Gasteiger partial charge >= 0.3 is 6.03 Å². The second-order valence-electron chi connectivity index (χ2n) is 8.78. The fourth-order valence-electron chi connectivity index (χ4n) is 4.31. The van der Waals surface area contributed by atoms with Gasteiger partial charge in [-0.2, -0.15) is 0 Å². The number of benzene rings is 3. The molecule has 0 saturated heterocycles. The van der Waals surface area contributed by atoms with Gasteiger partial charge in [0.15, 0.2) is 0 Å². The van der Waals surface area contributed by atoms with E-state index in [4.69, 9.17) is 32.9 Å². The molecule has 4 rings (SSSR count). The average Bonchev–Trinajstić information content (AvgIpc) is 2.92. The summed E-state index contributed by atoms with van der Waals surface area (Å²) in [7, 11) is 0. The minimum Gasteiger partial charge on any atom is -0.492 e. The molecule has 7 nitrogen and oxygen atoms in total. The van der Waals surface area contributed by atoms with Crippen molar-refractivity contribution in [3.05, 3.63) is 93.0 Å². The maximum absolute atomic E-state index is 13.9. The number of fused-ring (bicyclic) bond motifs is 1.